The molecule has 0 atom stereocenters. The minimum absolute atomic E-state index is 0.00360. The Kier molecular flexibility index (Phi) is 4.34. The van der Waals surface area contributed by atoms with Crippen molar-refractivity contribution in [3.8, 4) is 5.75 Å². The fourth-order valence-electron chi connectivity index (χ4n) is 1.63. The maximum absolute atomic E-state index is 11.0. The first-order valence-electron chi connectivity index (χ1n) is 5.47. The van der Waals surface area contributed by atoms with Crippen molar-refractivity contribution in [2.24, 2.45) is 5.73 Å². The van der Waals surface area contributed by atoms with Gasteiger partial charge < -0.3 is 10.5 Å². The van der Waals surface area contributed by atoms with Gasteiger partial charge >= 0.3 is 0 Å². The van der Waals surface area contributed by atoms with Crippen LogP contribution in [0, 0.1) is 19.3 Å². The molecule has 0 aromatic heterocycles. The summed E-state index contributed by atoms with van der Waals surface area (Å²) in [5.74, 6) is 0.646. The van der Waals surface area contributed by atoms with Crippen molar-refractivity contribution >= 4 is 15.7 Å². The molecule has 1 aromatic carbocycles. The molecule has 0 aliphatic carbocycles. The van der Waals surface area contributed by atoms with Crippen molar-refractivity contribution in [3.63, 3.8) is 0 Å². The Balaban J connectivity index is 2.87. The maximum atomic E-state index is 11.0. The fraction of sp³-hybridized carbons (Fsp3) is 0.417. The summed E-state index contributed by atoms with van der Waals surface area (Å²) in [6, 6.07) is 3.51. The topological polar surface area (TPSA) is 93.2 Å². The van der Waals surface area contributed by atoms with Gasteiger partial charge in [-0.15, -0.1) is 0 Å². The molecule has 0 amide bonds. The van der Waals surface area contributed by atoms with Gasteiger partial charge in [-0.1, -0.05) is 0 Å². The van der Waals surface area contributed by atoms with Gasteiger partial charge in [0.25, 0.3) is 0 Å². The van der Waals surface area contributed by atoms with Gasteiger partial charge in [0.1, 0.15) is 18.2 Å². The van der Waals surface area contributed by atoms with Crippen LogP contribution in [0.3, 0.4) is 0 Å². The quantitative estimate of drug-likeness (QED) is 0.617. The summed E-state index contributed by atoms with van der Waals surface area (Å²) in [5, 5.41) is 7.38. The predicted molar refractivity (Wildman–Crippen MR) is 72.1 cm³/mol. The molecule has 6 heteroatoms. The number of ether oxygens (including phenoxy) is 1. The van der Waals surface area contributed by atoms with Crippen LogP contribution in [0.2, 0.25) is 0 Å². The first-order chi connectivity index (χ1) is 8.20. The molecule has 0 saturated carbocycles. The van der Waals surface area contributed by atoms with Crippen molar-refractivity contribution in [3.05, 3.63) is 28.8 Å². The average molecular weight is 270 g/mol. The van der Waals surface area contributed by atoms with Crippen LogP contribution < -0.4 is 10.5 Å². The van der Waals surface area contributed by atoms with Crippen LogP contribution in [0.5, 0.6) is 5.75 Å². The zero-order valence-corrected chi connectivity index (χ0v) is 11.6. The monoisotopic (exact) mass is 270 g/mol. The molecule has 18 heavy (non-hydrogen) atoms. The largest absolute Gasteiger partial charge is 0.492 e. The summed E-state index contributed by atoms with van der Waals surface area (Å²) in [7, 11) is -3.02. The van der Waals surface area contributed by atoms with E-state index in [1.54, 1.807) is 12.1 Å². The number of benzene rings is 1. The van der Waals surface area contributed by atoms with Crippen LogP contribution in [-0.2, 0) is 9.84 Å². The Bertz CT molecular complexity index is 542. The third-order valence-electron chi connectivity index (χ3n) is 2.47. The summed E-state index contributed by atoms with van der Waals surface area (Å²) < 4.78 is 27.5. The van der Waals surface area contributed by atoms with E-state index >= 15 is 0 Å². The zero-order chi connectivity index (χ0) is 13.9. The Morgan fingerprint density at radius 3 is 2.22 bits per heavy atom. The summed E-state index contributed by atoms with van der Waals surface area (Å²) in [5.41, 5.74) is 7.74. The molecule has 0 aliphatic rings. The van der Waals surface area contributed by atoms with Gasteiger partial charge in [-0.25, -0.2) is 8.42 Å². The molecule has 1 rings (SSSR count). The van der Waals surface area contributed by atoms with E-state index in [4.69, 9.17) is 15.9 Å². The van der Waals surface area contributed by atoms with Crippen LogP contribution >= 0.6 is 0 Å². The van der Waals surface area contributed by atoms with E-state index in [1.807, 2.05) is 13.8 Å². The molecule has 1 aromatic rings. The minimum Gasteiger partial charge on any atom is -0.492 e. The molecule has 0 radical (unpaired) electrons. The highest BCUT2D eigenvalue weighted by atomic mass is 32.2. The van der Waals surface area contributed by atoms with Crippen molar-refractivity contribution in [1.82, 2.24) is 0 Å². The predicted octanol–water partition coefficient (Wildman–Crippen LogP) is 1.01. The van der Waals surface area contributed by atoms with E-state index in [-0.39, 0.29) is 18.2 Å². The van der Waals surface area contributed by atoms with Crippen LogP contribution in [0.1, 0.15) is 16.7 Å². The molecule has 0 aliphatic heterocycles. The van der Waals surface area contributed by atoms with Crippen molar-refractivity contribution < 1.29 is 13.2 Å². The van der Waals surface area contributed by atoms with Gasteiger partial charge in [0.15, 0.2) is 9.84 Å². The number of nitrogen functional groups attached to an aromatic ring is 1. The Morgan fingerprint density at radius 1 is 1.33 bits per heavy atom. The van der Waals surface area contributed by atoms with E-state index in [9.17, 15) is 8.42 Å². The molecule has 0 unspecified atom stereocenters. The summed E-state index contributed by atoms with van der Waals surface area (Å²) in [6.45, 7) is 3.81. The normalized spacial score (nSPS) is 11.3. The lowest BCUT2D eigenvalue weighted by Gasteiger charge is -2.13. The van der Waals surface area contributed by atoms with Gasteiger partial charge in [-0.3, -0.25) is 5.41 Å². The van der Waals surface area contributed by atoms with Gasteiger partial charge in [0.2, 0.25) is 0 Å². The smallest absolute Gasteiger partial charge is 0.150 e. The molecule has 5 nitrogen and oxygen atoms in total. The molecule has 0 heterocycles. The van der Waals surface area contributed by atoms with Crippen molar-refractivity contribution in [1.29, 1.82) is 5.41 Å². The Morgan fingerprint density at radius 2 is 1.83 bits per heavy atom. The fourth-order valence-corrected chi connectivity index (χ4v) is 2.01. The lowest BCUT2D eigenvalue weighted by Crippen LogP contribution is -2.14. The lowest BCUT2D eigenvalue weighted by atomic mass is 10.1. The number of amidine groups is 1. The third-order valence-corrected chi connectivity index (χ3v) is 3.38. The van der Waals surface area contributed by atoms with E-state index < -0.39 is 9.84 Å². The molecular formula is C12H18N2O3S. The summed E-state index contributed by atoms with van der Waals surface area (Å²) in [4.78, 5) is 0. The number of rotatable bonds is 5. The van der Waals surface area contributed by atoms with E-state index in [1.165, 1.54) is 6.26 Å². The van der Waals surface area contributed by atoms with Crippen molar-refractivity contribution in [2.45, 2.75) is 13.8 Å². The highest BCUT2D eigenvalue weighted by Crippen LogP contribution is 2.24. The highest BCUT2D eigenvalue weighted by molar-refractivity contribution is 7.90. The van der Waals surface area contributed by atoms with Gasteiger partial charge in [0, 0.05) is 11.8 Å². The molecular weight excluding hydrogens is 252 g/mol. The molecule has 0 spiro atoms. The highest BCUT2D eigenvalue weighted by Gasteiger charge is 2.09. The first kappa shape index (κ1) is 14.5. The van der Waals surface area contributed by atoms with E-state index in [2.05, 4.69) is 0 Å². The van der Waals surface area contributed by atoms with Gasteiger partial charge in [-0.2, -0.15) is 0 Å². The standard InChI is InChI=1S/C12H18N2O3S/c1-8-6-10(12(13)14)7-9(2)11(8)17-4-5-18(3,15)16/h6-7H,4-5H2,1-3H3,(H3,13,14). The molecule has 0 saturated heterocycles. The minimum atomic E-state index is -3.02. The van der Waals surface area contributed by atoms with Gasteiger partial charge in [-0.05, 0) is 37.1 Å². The summed E-state index contributed by atoms with van der Waals surface area (Å²) >= 11 is 0. The van der Waals surface area contributed by atoms with Crippen LogP contribution in [0.25, 0.3) is 0 Å². The number of hydrogen-bond acceptors (Lipinski definition) is 4. The molecule has 0 fully saturated rings. The zero-order valence-electron chi connectivity index (χ0n) is 10.8. The Hall–Kier alpha value is -1.56. The molecule has 0 bridgehead atoms. The lowest BCUT2D eigenvalue weighted by molar-refractivity contribution is 0.336. The number of sulfone groups is 1. The number of nitrogens with one attached hydrogen (secondary N) is 1. The third kappa shape index (κ3) is 4.03. The molecule has 3 N–H and O–H groups in total. The second-order valence-corrected chi connectivity index (χ2v) is 6.59. The Labute approximate surface area is 107 Å². The van der Waals surface area contributed by atoms with Crippen LogP contribution in [0.15, 0.2) is 12.1 Å². The van der Waals surface area contributed by atoms with Crippen LogP contribution in [0.4, 0.5) is 0 Å². The SMILES string of the molecule is Cc1cc(C(=N)N)cc(C)c1OCCS(C)(=O)=O. The number of hydrogen-bond donors (Lipinski definition) is 2. The first-order valence-corrected chi connectivity index (χ1v) is 7.53. The molecule has 100 valence electrons. The van der Waals surface area contributed by atoms with Gasteiger partial charge in [0.05, 0.1) is 5.75 Å². The van der Waals surface area contributed by atoms with E-state index in [0.29, 0.717) is 11.3 Å². The van der Waals surface area contributed by atoms with E-state index in [0.717, 1.165) is 11.1 Å². The maximum Gasteiger partial charge on any atom is 0.150 e. The summed E-state index contributed by atoms with van der Waals surface area (Å²) in [6.07, 6.45) is 1.18. The number of aryl methyl sites for hydroxylation is 2. The van der Waals surface area contributed by atoms with Crippen LogP contribution in [-0.4, -0.2) is 32.9 Å². The van der Waals surface area contributed by atoms with Crippen molar-refractivity contribution in [2.75, 3.05) is 18.6 Å². The second-order valence-electron chi connectivity index (χ2n) is 4.33. The number of nitrogens with two attached hydrogens (primary N) is 1. The second kappa shape index (κ2) is 5.39. The average Bonchev–Trinajstić information content (AvgIpc) is 2.20.